The second-order valence-electron chi connectivity index (χ2n) is 9.11. The minimum atomic E-state index is -1.84. The lowest BCUT2D eigenvalue weighted by Gasteiger charge is -2.41. The van der Waals surface area contributed by atoms with Crippen LogP contribution in [0.5, 0.6) is 17.2 Å². The lowest BCUT2D eigenvalue weighted by molar-refractivity contribution is -0.139. The predicted octanol–water partition coefficient (Wildman–Crippen LogP) is 4.37. The lowest BCUT2D eigenvalue weighted by atomic mass is 9.67. The molecule has 2 aliphatic heterocycles. The van der Waals surface area contributed by atoms with Crippen LogP contribution in [0.1, 0.15) is 42.1 Å². The standard InChI is InChI=1S/C28H26ClNO7/c1-5-36-27(33)18-12-16(15-9-7-6-8-10-15)21-17(30-18)11-14(2)28(25(21)31)26(32)22-19(34-3)13-20(35-4)23(29)24(22)37-28/h6-10,12-14,16,30H,5,11H2,1-4H3/t14-,16-,28+/m1/s1. The summed E-state index contributed by atoms with van der Waals surface area (Å²) in [6.45, 7) is 3.71. The van der Waals surface area contributed by atoms with Gasteiger partial charge in [0.1, 0.15) is 27.8 Å². The Morgan fingerprint density at radius 2 is 1.84 bits per heavy atom. The molecule has 0 bridgehead atoms. The van der Waals surface area contributed by atoms with Crippen molar-refractivity contribution >= 4 is 29.1 Å². The van der Waals surface area contributed by atoms with Gasteiger partial charge in [0, 0.05) is 29.2 Å². The van der Waals surface area contributed by atoms with E-state index in [2.05, 4.69) is 5.32 Å². The molecule has 8 nitrogen and oxygen atoms in total. The Balaban J connectivity index is 1.65. The average molecular weight is 524 g/mol. The molecule has 0 aromatic heterocycles. The van der Waals surface area contributed by atoms with E-state index >= 15 is 0 Å². The molecule has 1 spiro atoms. The fourth-order valence-corrected chi connectivity index (χ4v) is 5.61. The fourth-order valence-electron chi connectivity index (χ4n) is 5.35. The van der Waals surface area contributed by atoms with E-state index in [1.807, 2.05) is 30.3 Å². The largest absolute Gasteiger partial charge is 0.496 e. The highest BCUT2D eigenvalue weighted by Crippen LogP contribution is 2.55. The Morgan fingerprint density at radius 3 is 2.49 bits per heavy atom. The molecule has 0 radical (unpaired) electrons. The van der Waals surface area contributed by atoms with E-state index in [9.17, 15) is 14.4 Å². The molecule has 1 aliphatic carbocycles. The number of esters is 1. The van der Waals surface area contributed by atoms with Gasteiger partial charge in [-0.25, -0.2) is 4.79 Å². The van der Waals surface area contributed by atoms with Crippen molar-refractivity contribution in [1.29, 1.82) is 0 Å². The number of ketones is 2. The van der Waals surface area contributed by atoms with Gasteiger partial charge in [0.15, 0.2) is 5.75 Å². The molecule has 0 unspecified atom stereocenters. The van der Waals surface area contributed by atoms with Crippen LogP contribution in [0.3, 0.4) is 0 Å². The highest BCUT2D eigenvalue weighted by Gasteiger charge is 2.63. The molecule has 1 N–H and O–H groups in total. The van der Waals surface area contributed by atoms with Gasteiger partial charge in [-0.05, 0) is 25.0 Å². The van der Waals surface area contributed by atoms with Crippen molar-refractivity contribution in [1.82, 2.24) is 5.32 Å². The molecular formula is C28H26ClNO7. The zero-order valence-electron chi connectivity index (χ0n) is 20.8. The van der Waals surface area contributed by atoms with Crippen LogP contribution in [0.15, 0.2) is 59.4 Å². The molecule has 2 aromatic rings. The molecule has 3 atom stereocenters. The summed E-state index contributed by atoms with van der Waals surface area (Å²) in [5, 5.41) is 3.19. The zero-order valence-corrected chi connectivity index (χ0v) is 21.6. The number of fused-ring (bicyclic) bond motifs is 1. The SMILES string of the molecule is CCOC(=O)C1=C[C@H](c2ccccc2)C2=C(C[C@@H](C)[C@]3(Oc4c(Cl)c(OC)cc(OC)c4C3=O)C2=O)N1. The van der Waals surface area contributed by atoms with Crippen LogP contribution < -0.4 is 19.5 Å². The molecular weight excluding hydrogens is 498 g/mol. The van der Waals surface area contributed by atoms with Gasteiger partial charge in [-0.15, -0.1) is 0 Å². The minimum absolute atomic E-state index is 0.0647. The molecule has 0 fully saturated rings. The number of hydrogen-bond donors (Lipinski definition) is 1. The highest BCUT2D eigenvalue weighted by atomic mass is 35.5. The van der Waals surface area contributed by atoms with Crippen molar-refractivity contribution in [3.8, 4) is 17.2 Å². The molecule has 5 rings (SSSR count). The third-order valence-electron chi connectivity index (χ3n) is 7.11. The number of nitrogens with one attached hydrogen (secondary N) is 1. The second kappa shape index (κ2) is 9.27. The maximum Gasteiger partial charge on any atom is 0.354 e. The molecule has 2 aromatic carbocycles. The summed E-state index contributed by atoms with van der Waals surface area (Å²) >= 11 is 6.54. The first-order chi connectivity index (χ1) is 17.8. The number of dihydropyridines is 1. The minimum Gasteiger partial charge on any atom is -0.496 e. The van der Waals surface area contributed by atoms with E-state index in [0.29, 0.717) is 11.3 Å². The topological polar surface area (TPSA) is 100 Å². The number of Topliss-reactive ketones (excluding diaryl/α,β-unsaturated/α-hetero) is 2. The lowest BCUT2D eigenvalue weighted by Crippen LogP contribution is -2.58. The number of carbonyl (C=O) groups is 3. The number of rotatable bonds is 5. The highest BCUT2D eigenvalue weighted by molar-refractivity contribution is 6.36. The quantitative estimate of drug-likeness (QED) is 0.455. The number of ether oxygens (including phenoxy) is 4. The van der Waals surface area contributed by atoms with Crippen molar-refractivity contribution in [2.24, 2.45) is 5.92 Å². The first kappa shape index (κ1) is 24.9. The molecule has 0 saturated carbocycles. The monoisotopic (exact) mass is 523 g/mol. The van der Waals surface area contributed by atoms with E-state index in [0.717, 1.165) is 5.56 Å². The average Bonchev–Trinajstić information content (AvgIpc) is 3.22. The van der Waals surface area contributed by atoms with Crippen LogP contribution in [0.4, 0.5) is 0 Å². The number of halogens is 1. The fraction of sp³-hybridized carbons (Fsp3) is 0.321. The Bertz CT molecular complexity index is 1380. The number of benzene rings is 2. The Labute approximate surface area is 219 Å². The summed E-state index contributed by atoms with van der Waals surface area (Å²) in [7, 11) is 2.86. The van der Waals surface area contributed by atoms with Gasteiger partial charge in [-0.1, -0.05) is 48.9 Å². The summed E-state index contributed by atoms with van der Waals surface area (Å²) in [5.41, 5.74) is 0.235. The van der Waals surface area contributed by atoms with E-state index < -0.39 is 35.0 Å². The maximum atomic E-state index is 14.4. The van der Waals surface area contributed by atoms with E-state index in [1.165, 1.54) is 20.3 Å². The third-order valence-corrected chi connectivity index (χ3v) is 7.47. The molecule has 192 valence electrons. The van der Waals surface area contributed by atoms with Crippen LogP contribution in [-0.4, -0.2) is 44.0 Å². The van der Waals surface area contributed by atoms with Crippen LogP contribution in [0, 0.1) is 5.92 Å². The van der Waals surface area contributed by atoms with Crippen LogP contribution in [0.2, 0.25) is 5.02 Å². The van der Waals surface area contributed by atoms with Crippen molar-refractivity contribution in [3.05, 3.63) is 75.6 Å². The van der Waals surface area contributed by atoms with Gasteiger partial charge in [0.2, 0.25) is 17.2 Å². The Hall–Kier alpha value is -3.78. The van der Waals surface area contributed by atoms with E-state index in [1.54, 1.807) is 19.9 Å². The molecule has 0 saturated heterocycles. The van der Waals surface area contributed by atoms with Crippen molar-refractivity contribution in [2.45, 2.75) is 31.8 Å². The first-order valence-electron chi connectivity index (χ1n) is 11.9. The smallest absolute Gasteiger partial charge is 0.354 e. The van der Waals surface area contributed by atoms with Gasteiger partial charge < -0.3 is 24.3 Å². The molecule has 0 amide bonds. The van der Waals surface area contributed by atoms with Gasteiger partial charge in [-0.2, -0.15) is 0 Å². The summed E-state index contributed by atoms with van der Waals surface area (Å²) in [6, 6.07) is 10.8. The molecule has 3 aliphatic rings. The van der Waals surface area contributed by atoms with Crippen molar-refractivity contribution < 1.29 is 33.3 Å². The third kappa shape index (κ3) is 3.62. The van der Waals surface area contributed by atoms with Gasteiger partial charge >= 0.3 is 5.97 Å². The first-order valence-corrected chi connectivity index (χ1v) is 12.3. The molecule has 2 heterocycles. The number of hydrogen-bond acceptors (Lipinski definition) is 8. The summed E-state index contributed by atoms with van der Waals surface area (Å²) < 4.78 is 22.3. The van der Waals surface area contributed by atoms with Gasteiger partial charge in [-0.3, -0.25) is 9.59 Å². The number of allylic oxidation sites excluding steroid dienone is 2. The van der Waals surface area contributed by atoms with E-state index in [-0.39, 0.29) is 46.6 Å². The molecule has 9 heteroatoms. The van der Waals surface area contributed by atoms with Crippen LogP contribution >= 0.6 is 11.6 Å². The number of carbonyl (C=O) groups excluding carboxylic acids is 3. The summed E-state index contributed by atoms with van der Waals surface area (Å²) in [4.78, 5) is 41.1. The van der Waals surface area contributed by atoms with Gasteiger partial charge in [0.25, 0.3) is 0 Å². The normalized spacial score (nSPS) is 24.1. The summed E-state index contributed by atoms with van der Waals surface area (Å²) in [6.07, 6.45) is 1.94. The van der Waals surface area contributed by atoms with Crippen LogP contribution in [0.25, 0.3) is 0 Å². The van der Waals surface area contributed by atoms with Crippen molar-refractivity contribution in [2.75, 3.05) is 20.8 Å². The zero-order chi connectivity index (χ0) is 26.5. The van der Waals surface area contributed by atoms with E-state index in [4.69, 9.17) is 30.5 Å². The summed E-state index contributed by atoms with van der Waals surface area (Å²) in [5.74, 6) is -2.16. The maximum absolute atomic E-state index is 14.4. The molecule has 37 heavy (non-hydrogen) atoms. The van der Waals surface area contributed by atoms with Crippen LogP contribution in [-0.2, 0) is 14.3 Å². The predicted molar refractivity (Wildman–Crippen MR) is 135 cm³/mol. The van der Waals surface area contributed by atoms with Crippen molar-refractivity contribution in [3.63, 3.8) is 0 Å². The Morgan fingerprint density at radius 1 is 1.14 bits per heavy atom. The Kier molecular flexibility index (Phi) is 6.23. The number of methoxy groups -OCH3 is 2. The van der Waals surface area contributed by atoms with Gasteiger partial charge in [0.05, 0.1) is 20.8 Å². The second-order valence-corrected chi connectivity index (χ2v) is 9.48.